The molecule has 100 valence electrons. The molecule has 1 amide bonds. The summed E-state index contributed by atoms with van der Waals surface area (Å²) >= 11 is 6.69. The summed E-state index contributed by atoms with van der Waals surface area (Å²) in [6, 6.07) is 5.41. The smallest absolute Gasteiger partial charge is 0.258 e. The molecule has 1 aromatic carbocycles. The van der Waals surface area contributed by atoms with Gasteiger partial charge in [0.1, 0.15) is 5.75 Å². The number of halogens is 2. The molecular formula is C12H15Br2NO3. The number of nitrogens with one attached hydrogen (secondary N) is 1. The lowest BCUT2D eigenvalue weighted by molar-refractivity contribution is -0.123. The molecular weight excluding hydrogens is 366 g/mol. The number of aliphatic hydroxyl groups is 1. The maximum atomic E-state index is 11.5. The summed E-state index contributed by atoms with van der Waals surface area (Å²) in [5, 5.41) is 11.5. The Bertz CT molecular complexity index is 412. The molecule has 0 fully saturated rings. The maximum absolute atomic E-state index is 11.5. The predicted molar refractivity (Wildman–Crippen MR) is 76.6 cm³/mol. The Labute approximate surface area is 123 Å². The lowest BCUT2D eigenvalue weighted by Crippen LogP contribution is -2.36. The number of ether oxygens (including phenoxy) is 1. The van der Waals surface area contributed by atoms with E-state index in [1.54, 1.807) is 6.07 Å². The highest BCUT2D eigenvalue weighted by Gasteiger charge is 2.09. The van der Waals surface area contributed by atoms with Crippen LogP contribution >= 0.6 is 31.9 Å². The van der Waals surface area contributed by atoms with E-state index in [1.165, 1.54) is 0 Å². The average molecular weight is 381 g/mol. The number of carbonyl (C=O) groups is 1. The first-order chi connectivity index (χ1) is 8.52. The first-order valence-electron chi connectivity index (χ1n) is 5.51. The fourth-order valence-corrected chi connectivity index (χ4v) is 2.48. The van der Waals surface area contributed by atoms with Crippen molar-refractivity contribution in [1.29, 1.82) is 0 Å². The largest absolute Gasteiger partial charge is 0.483 e. The Hall–Kier alpha value is -0.590. The molecule has 1 atom stereocenters. The second kappa shape index (κ2) is 7.76. The first kappa shape index (κ1) is 15.5. The lowest BCUT2D eigenvalue weighted by atomic mass is 10.2. The zero-order valence-corrected chi connectivity index (χ0v) is 13.1. The number of rotatable bonds is 6. The van der Waals surface area contributed by atoms with E-state index in [-0.39, 0.29) is 25.2 Å². The number of hydrogen-bond acceptors (Lipinski definition) is 3. The van der Waals surface area contributed by atoms with Gasteiger partial charge in [-0.3, -0.25) is 4.79 Å². The van der Waals surface area contributed by atoms with Crippen molar-refractivity contribution in [3.05, 3.63) is 27.1 Å². The van der Waals surface area contributed by atoms with Crippen molar-refractivity contribution in [2.45, 2.75) is 19.4 Å². The standard InChI is InChI=1S/C12H15Br2NO3/c1-8(4-5-16)15-12(17)7-18-11-3-2-9(13)6-10(11)14/h2-3,6,8,16H,4-5,7H2,1H3,(H,15,17). The summed E-state index contributed by atoms with van der Waals surface area (Å²) in [6.07, 6.45) is 0.535. The molecule has 0 spiro atoms. The Morgan fingerprint density at radius 3 is 2.83 bits per heavy atom. The van der Waals surface area contributed by atoms with Gasteiger partial charge in [-0.25, -0.2) is 0 Å². The Balaban J connectivity index is 2.42. The van der Waals surface area contributed by atoms with Crippen LogP contribution in [0.1, 0.15) is 13.3 Å². The number of benzene rings is 1. The molecule has 0 aromatic heterocycles. The van der Waals surface area contributed by atoms with Crippen molar-refractivity contribution in [3.8, 4) is 5.75 Å². The van der Waals surface area contributed by atoms with Gasteiger partial charge in [-0.2, -0.15) is 0 Å². The van der Waals surface area contributed by atoms with E-state index in [2.05, 4.69) is 37.2 Å². The molecule has 4 nitrogen and oxygen atoms in total. The second-order valence-corrected chi connectivity index (χ2v) is 5.61. The van der Waals surface area contributed by atoms with Crippen LogP contribution in [0.15, 0.2) is 27.1 Å². The molecule has 0 heterocycles. The third kappa shape index (κ3) is 5.37. The quantitative estimate of drug-likeness (QED) is 0.796. The van der Waals surface area contributed by atoms with Gasteiger partial charge in [-0.15, -0.1) is 0 Å². The molecule has 0 radical (unpaired) electrons. The minimum Gasteiger partial charge on any atom is -0.483 e. The van der Waals surface area contributed by atoms with Gasteiger partial charge in [-0.1, -0.05) is 15.9 Å². The lowest BCUT2D eigenvalue weighted by Gasteiger charge is -2.13. The number of aliphatic hydroxyl groups excluding tert-OH is 1. The third-order valence-electron chi connectivity index (χ3n) is 2.22. The minimum atomic E-state index is -0.203. The highest BCUT2D eigenvalue weighted by molar-refractivity contribution is 9.11. The van der Waals surface area contributed by atoms with Crippen LogP contribution in [0.5, 0.6) is 5.75 Å². The van der Waals surface area contributed by atoms with Crippen LogP contribution < -0.4 is 10.1 Å². The summed E-state index contributed by atoms with van der Waals surface area (Å²) < 4.78 is 7.11. The molecule has 6 heteroatoms. The van der Waals surface area contributed by atoms with E-state index in [0.717, 1.165) is 8.95 Å². The fourth-order valence-electron chi connectivity index (χ4n) is 1.32. The Morgan fingerprint density at radius 2 is 2.22 bits per heavy atom. The summed E-state index contributed by atoms with van der Waals surface area (Å²) in [4.78, 5) is 11.5. The second-order valence-electron chi connectivity index (χ2n) is 3.84. The van der Waals surface area contributed by atoms with Crippen molar-refractivity contribution >= 4 is 37.8 Å². The van der Waals surface area contributed by atoms with Crippen molar-refractivity contribution in [2.24, 2.45) is 0 Å². The van der Waals surface area contributed by atoms with Gasteiger partial charge in [0.15, 0.2) is 6.61 Å². The Kier molecular flexibility index (Phi) is 6.67. The number of hydrogen-bond donors (Lipinski definition) is 2. The molecule has 0 aliphatic carbocycles. The van der Waals surface area contributed by atoms with E-state index in [0.29, 0.717) is 12.2 Å². The number of amides is 1. The summed E-state index contributed by atoms with van der Waals surface area (Å²) in [5.41, 5.74) is 0. The van der Waals surface area contributed by atoms with Gasteiger partial charge >= 0.3 is 0 Å². The summed E-state index contributed by atoms with van der Waals surface area (Å²) in [7, 11) is 0. The molecule has 0 aliphatic rings. The highest BCUT2D eigenvalue weighted by Crippen LogP contribution is 2.27. The van der Waals surface area contributed by atoms with E-state index in [9.17, 15) is 4.79 Å². The molecule has 0 saturated carbocycles. The van der Waals surface area contributed by atoms with Crippen LogP contribution in [-0.4, -0.2) is 30.3 Å². The first-order valence-corrected chi connectivity index (χ1v) is 7.09. The third-order valence-corrected chi connectivity index (χ3v) is 3.34. The van der Waals surface area contributed by atoms with Crippen molar-refractivity contribution in [3.63, 3.8) is 0 Å². The van der Waals surface area contributed by atoms with Gasteiger partial charge in [0.2, 0.25) is 0 Å². The monoisotopic (exact) mass is 379 g/mol. The topological polar surface area (TPSA) is 58.6 Å². The van der Waals surface area contributed by atoms with E-state index in [4.69, 9.17) is 9.84 Å². The van der Waals surface area contributed by atoms with Crippen LogP contribution in [0.4, 0.5) is 0 Å². The fraction of sp³-hybridized carbons (Fsp3) is 0.417. The van der Waals surface area contributed by atoms with Crippen molar-refractivity contribution < 1.29 is 14.6 Å². The van der Waals surface area contributed by atoms with Crippen LogP contribution in [0.25, 0.3) is 0 Å². The minimum absolute atomic E-state index is 0.0456. The molecule has 1 aromatic rings. The zero-order valence-electron chi connectivity index (χ0n) is 9.95. The van der Waals surface area contributed by atoms with Gasteiger partial charge < -0.3 is 15.2 Å². The van der Waals surface area contributed by atoms with Gasteiger partial charge in [0.05, 0.1) is 4.47 Å². The van der Waals surface area contributed by atoms with E-state index < -0.39 is 0 Å². The van der Waals surface area contributed by atoms with Crippen molar-refractivity contribution in [2.75, 3.05) is 13.2 Å². The van der Waals surface area contributed by atoms with Crippen LogP contribution in [0.2, 0.25) is 0 Å². The van der Waals surface area contributed by atoms with Gasteiger partial charge in [-0.05, 0) is 47.5 Å². The van der Waals surface area contributed by atoms with Crippen LogP contribution in [-0.2, 0) is 4.79 Å². The van der Waals surface area contributed by atoms with Crippen LogP contribution in [0, 0.1) is 0 Å². The molecule has 1 rings (SSSR count). The average Bonchev–Trinajstić information content (AvgIpc) is 2.28. The van der Waals surface area contributed by atoms with Crippen LogP contribution in [0.3, 0.4) is 0 Å². The SMILES string of the molecule is CC(CCO)NC(=O)COc1ccc(Br)cc1Br. The van der Waals surface area contributed by atoms with Gasteiger partial charge in [0, 0.05) is 17.1 Å². The van der Waals surface area contributed by atoms with Crippen molar-refractivity contribution in [1.82, 2.24) is 5.32 Å². The van der Waals surface area contributed by atoms with Gasteiger partial charge in [0.25, 0.3) is 5.91 Å². The molecule has 0 saturated heterocycles. The maximum Gasteiger partial charge on any atom is 0.258 e. The normalized spacial score (nSPS) is 12.0. The number of carbonyl (C=O) groups excluding carboxylic acids is 1. The van der Waals surface area contributed by atoms with E-state index in [1.807, 2.05) is 19.1 Å². The molecule has 1 unspecified atom stereocenters. The molecule has 0 bridgehead atoms. The molecule has 18 heavy (non-hydrogen) atoms. The summed E-state index contributed by atoms with van der Waals surface area (Å²) in [6.45, 7) is 1.85. The molecule has 2 N–H and O–H groups in total. The van der Waals surface area contributed by atoms with E-state index >= 15 is 0 Å². The summed E-state index contributed by atoms with van der Waals surface area (Å²) in [5.74, 6) is 0.411. The molecule has 0 aliphatic heterocycles. The Morgan fingerprint density at radius 1 is 1.50 bits per heavy atom. The zero-order chi connectivity index (χ0) is 13.5. The highest BCUT2D eigenvalue weighted by atomic mass is 79.9. The predicted octanol–water partition coefficient (Wildman–Crippen LogP) is 2.48.